The minimum Gasteiger partial charge on any atom is -0.494 e. The molecular formula is C24H38N2O3. The van der Waals surface area contributed by atoms with Crippen molar-refractivity contribution in [1.29, 1.82) is 0 Å². The fraction of sp³-hybridized carbons (Fsp3) is 0.708. The van der Waals surface area contributed by atoms with Crippen molar-refractivity contribution in [1.82, 2.24) is 4.90 Å². The van der Waals surface area contributed by atoms with Crippen molar-refractivity contribution in [3.63, 3.8) is 0 Å². The predicted octanol–water partition coefficient (Wildman–Crippen LogP) is 5.01. The first-order valence-electron chi connectivity index (χ1n) is 11.6. The summed E-state index contributed by atoms with van der Waals surface area (Å²) in [6, 6.07) is 8.42. The van der Waals surface area contributed by atoms with Crippen LogP contribution in [-0.4, -0.2) is 48.8 Å². The Kier molecular flexibility index (Phi) is 8.37. The molecule has 0 aromatic heterocycles. The normalized spacial score (nSPS) is 21.8. The molecule has 5 heteroatoms. The van der Waals surface area contributed by atoms with Crippen LogP contribution in [0.2, 0.25) is 0 Å². The third-order valence-electron chi connectivity index (χ3n) is 6.32. The van der Waals surface area contributed by atoms with E-state index in [9.17, 15) is 4.79 Å². The largest absolute Gasteiger partial charge is 0.494 e. The van der Waals surface area contributed by atoms with Crippen LogP contribution in [0.3, 0.4) is 0 Å². The quantitative estimate of drug-likeness (QED) is 0.559. The molecule has 5 nitrogen and oxygen atoms in total. The van der Waals surface area contributed by atoms with Gasteiger partial charge in [0.1, 0.15) is 11.4 Å². The molecule has 0 radical (unpaired) electrons. The first-order chi connectivity index (χ1) is 14.1. The van der Waals surface area contributed by atoms with Crippen LogP contribution in [0.15, 0.2) is 24.3 Å². The van der Waals surface area contributed by atoms with Gasteiger partial charge < -0.3 is 19.7 Å². The van der Waals surface area contributed by atoms with Crippen LogP contribution in [0.5, 0.6) is 5.75 Å². The maximum Gasteiger partial charge on any atom is 0.256 e. The number of benzene rings is 1. The molecule has 162 valence electrons. The Morgan fingerprint density at radius 2 is 1.90 bits per heavy atom. The van der Waals surface area contributed by atoms with Gasteiger partial charge in [-0.2, -0.15) is 0 Å². The molecule has 1 atom stereocenters. The molecule has 1 saturated heterocycles. The molecule has 1 aromatic rings. The molecule has 1 saturated carbocycles. The maximum absolute atomic E-state index is 12.8. The van der Waals surface area contributed by atoms with Gasteiger partial charge in [-0.15, -0.1) is 0 Å². The molecule has 1 amide bonds. The molecular weight excluding hydrogens is 364 g/mol. The number of anilines is 1. The van der Waals surface area contributed by atoms with E-state index in [1.54, 1.807) is 0 Å². The number of carbonyl (C=O) groups excluding carboxylic acids is 1. The zero-order valence-electron chi connectivity index (χ0n) is 18.3. The minimum atomic E-state index is -0.642. The average molecular weight is 403 g/mol. The Labute approximate surface area is 176 Å². The first kappa shape index (κ1) is 22.1. The van der Waals surface area contributed by atoms with Gasteiger partial charge in [-0.3, -0.25) is 4.79 Å². The summed E-state index contributed by atoms with van der Waals surface area (Å²) in [6.07, 6.45) is 9.72. The van der Waals surface area contributed by atoms with Gasteiger partial charge >= 0.3 is 0 Å². The SMILES string of the molecule is CCCOC1(C(=O)Nc2ccc(OCCCN3CCCC[C@H]3C)cc2)CCCC1. The lowest BCUT2D eigenvalue weighted by Gasteiger charge is -2.33. The van der Waals surface area contributed by atoms with Gasteiger partial charge in [-0.05, 0) is 89.1 Å². The van der Waals surface area contributed by atoms with E-state index in [0.29, 0.717) is 12.6 Å². The number of nitrogens with zero attached hydrogens (tertiary/aromatic N) is 1. The van der Waals surface area contributed by atoms with Gasteiger partial charge in [-0.1, -0.05) is 13.3 Å². The van der Waals surface area contributed by atoms with Gasteiger partial charge in [0.05, 0.1) is 6.61 Å². The topological polar surface area (TPSA) is 50.8 Å². The Balaban J connectivity index is 1.43. The monoisotopic (exact) mass is 402 g/mol. The molecule has 1 aliphatic carbocycles. The van der Waals surface area contributed by atoms with E-state index in [0.717, 1.165) is 63.1 Å². The smallest absolute Gasteiger partial charge is 0.256 e. The number of ether oxygens (including phenoxy) is 2. The second kappa shape index (κ2) is 11.0. The lowest BCUT2D eigenvalue weighted by atomic mass is 10.0. The van der Waals surface area contributed by atoms with E-state index in [2.05, 4.69) is 24.1 Å². The van der Waals surface area contributed by atoms with Crippen LogP contribution < -0.4 is 10.1 Å². The van der Waals surface area contributed by atoms with Crippen molar-refractivity contribution in [2.45, 2.75) is 83.3 Å². The van der Waals surface area contributed by atoms with Crippen LogP contribution >= 0.6 is 0 Å². The summed E-state index contributed by atoms with van der Waals surface area (Å²) in [5, 5.41) is 3.05. The van der Waals surface area contributed by atoms with Gasteiger partial charge in [0, 0.05) is 24.9 Å². The third-order valence-corrected chi connectivity index (χ3v) is 6.32. The molecule has 0 unspecified atom stereocenters. The summed E-state index contributed by atoms with van der Waals surface area (Å²) >= 11 is 0. The number of hydrogen-bond acceptors (Lipinski definition) is 4. The Bertz CT molecular complexity index is 626. The van der Waals surface area contributed by atoms with Gasteiger partial charge in [0.25, 0.3) is 5.91 Å². The third kappa shape index (κ3) is 6.19. The number of rotatable bonds is 10. The van der Waals surface area contributed by atoms with Crippen LogP contribution in [0.25, 0.3) is 0 Å². The molecule has 3 rings (SSSR count). The number of carbonyl (C=O) groups is 1. The maximum atomic E-state index is 12.8. The summed E-state index contributed by atoms with van der Waals surface area (Å²) in [6.45, 7) is 8.09. The number of hydrogen-bond donors (Lipinski definition) is 1. The van der Waals surface area contributed by atoms with E-state index in [-0.39, 0.29) is 5.91 Å². The molecule has 0 bridgehead atoms. The lowest BCUT2D eigenvalue weighted by molar-refractivity contribution is -0.140. The summed E-state index contributed by atoms with van der Waals surface area (Å²) in [7, 11) is 0. The average Bonchev–Trinajstić information content (AvgIpc) is 3.22. The van der Waals surface area contributed by atoms with E-state index in [4.69, 9.17) is 9.47 Å². The molecule has 2 fully saturated rings. The van der Waals surface area contributed by atoms with Crippen molar-refractivity contribution in [3.05, 3.63) is 24.3 Å². The first-order valence-corrected chi connectivity index (χ1v) is 11.6. The lowest BCUT2D eigenvalue weighted by Crippen LogP contribution is -2.43. The molecule has 1 aliphatic heterocycles. The van der Waals surface area contributed by atoms with Gasteiger partial charge in [-0.25, -0.2) is 0 Å². The Morgan fingerprint density at radius 1 is 1.14 bits per heavy atom. The fourth-order valence-electron chi connectivity index (χ4n) is 4.51. The number of likely N-dealkylation sites (tertiary alicyclic amines) is 1. The van der Waals surface area contributed by atoms with Crippen molar-refractivity contribution in [2.75, 3.05) is 31.6 Å². The highest BCUT2D eigenvalue weighted by atomic mass is 16.5. The van der Waals surface area contributed by atoms with Crippen LogP contribution in [-0.2, 0) is 9.53 Å². The van der Waals surface area contributed by atoms with Crippen LogP contribution in [0.4, 0.5) is 5.69 Å². The molecule has 0 spiro atoms. The van der Waals surface area contributed by atoms with Gasteiger partial charge in [0.15, 0.2) is 0 Å². The van der Waals surface area contributed by atoms with Crippen LogP contribution in [0, 0.1) is 0 Å². The van der Waals surface area contributed by atoms with E-state index in [1.807, 2.05) is 24.3 Å². The highest BCUT2D eigenvalue weighted by Crippen LogP contribution is 2.34. The Morgan fingerprint density at radius 3 is 2.59 bits per heavy atom. The second-order valence-corrected chi connectivity index (χ2v) is 8.61. The minimum absolute atomic E-state index is 0.00669. The van der Waals surface area contributed by atoms with Gasteiger partial charge in [0.2, 0.25) is 0 Å². The summed E-state index contributed by atoms with van der Waals surface area (Å²) in [4.78, 5) is 15.4. The highest BCUT2D eigenvalue weighted by Gasteiger charge is 2.42. The zero-order chi connectivity index (χ0) is 20.5. The van der Waals surface area contributed by atoms with Crippen molar-refractivity contribution in [2.24, 2.45) is 0 Å². The molecule has 1 N–H and O–H groups in total. The van der Waals surface area contributed by atoms with E-state index < -0.39 is 5.60 Å². The molecule has 1 aromatic carbocycles. The second-order valence-electron chi connectivity index (χ2n) is 8.61. The number of amides is 1. The summed E-state index contributed by atoms with van der Waals surface area (Å²) in [5.74, 6) is 0.847. The summed E-state index contributed by atoms with van der Waals surface area (Å²) in [5.41, 5.74) is 0.160. The van der Waals surface area contributed by atoms with E-state index >= 15 is 0 Å². The number of nitrogens with one attached hydrogen (secondary N) is 1. The van der Waals surface area contributed by atoms with E-state index in [1.165, 1.54) is 25.8 Å². The molecule has 29 heavy (non-hydrogen) atoms. The molecule has 1 heterocycles. The van der Waals surface area contributed by atoms with Crippen LogP contribution in [0.1, 0.15) is 71.6 Å². The zero-order valence-corrected chi connectivity index (χ0v) is 18.3. The number of piperidine rings is 1. The molecule has 2 aliphatic rings. The summed E-state index contributed by atoms with van der Waals surface area (Å²) < 4.78 is 11.9. The predicted molar refractivity (Wildman–Crippen MR) is 118 cm³/mol. The van der Waals surface area contributed by atoms with Crippen molar-refractivity contribution >= 4 is 11.6 Å². The van der Waals surface area contributed by atoms with Crippen molar-refractivity contribution < 1.29 is 14.3 Å². The fourth-order valence-corrected chi connectivity index (χ4v) is 4.51. The highest BCUT2D eigenvalue weighted by molar-refractivity contribution is 5.97. The Hall–Kier alpha value is -1.59. The van der Waals surface area contributed by atoms with Crippen molar-refractivity contribution in [3.8, 4) is 5.75 Å². The standard InChI is InChI=1S/C24H38N2O3/c1-3-18-29-24(14-5-6-15-24)23(27)25-21-10-12-22(13-11-21)28-19-8-17-26-16-7-4-9-20(26)2/h10-13,20H,3-9,14-19H2,1-2H3,(H,25,27)/t20-/m1/s1.